The zero-order valence-electron chi connectivity index (χ0n) is 11.5. The van der Waals surface area contributed by atoms with Gasteiger partial charge in [-0.05, 0) is 55.4 Å². The van der Waals surface area contributed by atoms with E-state index in [9.17, 15) is 13.5 Å². The Morgan fingerprint density at radius 3 is 2.85 bits per heavy atom. The summed E-state index contributed by atoms with van der Waals surface area (Å²) in [5.74, 6) is 0.860. The van der Waals surface area contributed by atoms with Gasteiger partial charge in [0.15, 0.2) is 9.84 Å². The van der Waals surface area contributed by atoms with Gasteiger partial charge in [-0.1, -0.05) is 6.07 Å². The van der Waals surface area contributed by atoms with E-state index in [1.807, 2.05) is 12.1 Å². The van der Waals surface area contributed by atoms with Gasteiger partial charge in [-0.2, -0.15) is 0 Å². The van der Waals surface area contributed by atoms with E-state index in [-0.39, 0.29) is 23.6 Å². The minimum absolute atomic E-state index is 0.0482. The maximum atomic E-state index is 11.7. The number of hydrogen-bond donors (Lipinski definition) is 2. The molecule has 0 saturated carbocycles. The molecule has 1 aliphatic carbocycles. The molecule has 4 nitrogen and oxygen atoms in total. The molecule has 1 saturated heterocycles. The van der Waals surface area contributed by atoms with E-state index in [0.717, 1.165) is 37.7 Å². The Balaban J connectivity index is 1.77. The highest BCUT2D eigenvalue weighted by Crippen LogP contribution is 2.33. The predicted octanol–water partition coefficient (Wildman–Crippen LogP) is 1.94. The van der Waals surface area contributed by atoms with Gasteiger partial charge in [0.1, 0.15) is 5.75 Å². The normalized spacial score (nSPS) is 28.8. The van der Waals surface area contributed by atoms with E-state index < -0.39 is 9.84 Å². The first-order valence-electron chi connectivity index (χ1n) is 7.32. The summed E-state index contributed by atoms with van der Waals surface area (Å²) < 4.78 is 23.4. The lowest BCUT2D eigenvalue weighted by Gasteiger charge is -2.32. The number of rotatable bonds is 2. The highest BCUT2D eigenvalue weighted by molar-refractivity contribution is 7.91. The van der Waals surface area contributed by atoms with E-state index >= 15 is 0 Å². The first-order chi connectivity index (χ1) is 9.53. The second-order valence-electron chi connectivity index (χ2n) is 5.95. The number of phenols is 1. The predicted molar refractivity (Wildman–Crippen MR) is 78.6 cm³/mol. The summed E-state index contributed by atoms with van der Waals surface area (Å²) in [7, 11) is -2.88. The van der Waals surface area contributed by atoms with Crippen molar-refractivity contribution >= 4 is 9.84 Å². The van der Waals surface area contributed by atoms with Gasteiger partial charge in [-0.15, -0.1) is 0 Å². The third-order valence-corrected chi connectivity index (χ3v) is 6.16. The minimum Gasteiger partial charge on any atom is -0.508 e. The van der Waals surface area contributed by atoms with Gasteiger partial charge >= 0.3 is 0 Å². The van der Waals surface area contributed by atoms with Gasteiger partial charge in [0.05, 0.1) is 11.5 Å². The molecule has 1 aromatic carbocycles. The van der Waals surface area contributed by atoms with Crippen LogP contribution in [0.4, 0.5) is 0 Å². The summed E-state index contributed by atoms with van der Waals surface area (Å²) >= 11 is 0. The second-order valence-corrected chi connectivity index (χ2v) is 8.18. The molecule has 0 amide bonds. The molecule has 1 aliphatic heterocycles. The van der Waals surface area contributed by atoms with Crippen LogP contribution < -0.4 is 5.32 Å². The van der Waals surface area contributed by atoms with E-state index in [1.165, 1.54) is 5.56 Å². The Morgan fingerprint density at radius 2 is 2.05 bits per heavy atom. The van der Waals surface area contributed by atoms with Crippen molar-refractivity contribution in [3.05, 3.63) is 29.3 Å². The third kappa shape index (κ3) is 2.99. The smallest absolute Gasteiger partial charge is 0.151 e. The van der Waals surface area contributed by atoms with Gasteiger partial charge in [-0.25, -0.2) is 8.42 Å². The first-order valence-corrected chi connectivity index (χ1v) is 9.14. The highest BCUT2D eigenvalue weighted by atomic mass is 32.2. The summed E-state index contributed by atoms with van der Waals surface area (Å²) in [6, 6.07) is 5.75. The Labute approximate surface area is 120 Å². The topological polar surface area (TPSA) is 66.4 Å². The van der Waals surface area contributed by atoms with Crippen LogP contribution in [0.2, 0.25) is 0 Å². The molecule has 1 fully saturated rings. The maximum Gasteiger partial charge on any atom is 0.151 e. The number of phenolic OH excluding ortho intramolecular Hbond substituents is 1. The van der Waals surface area contributed by atoms with E-state index in [0.29, 0.717) is 5.75 Å². The van der Waals surface area contributed by atoms with E-state index in [4.69, 9.17) is 0 Å². The summed E-state index contributed by atoms with van der Waals surface area (Å²) in [6.45, 7) is 0. The van der Waals surface area contributed by atoms with Crippen LogP contribution >= 0.6 is 0 Å². The number of fused-ring (bicyclic) bond motifs is 1. The molecule has 20 heavy (non-hydrogen) atoms. The first kappa shape index (κ1) is 13.9. The average molecular weight is 295 g/mol. The lowest BCUT2D eigenvalue weighted by molar-refractivity contribution is 0.384. The summed E-state index contributed by atoms with van der Waals surface area (Å²) in [4.78, 5) is 0. The van der Waals surface area contributed by atoms with E-state index in [2.05, 4.69) is 5.32 Å². The van der Waals surface area contributed by atoms with Crippen LogP contribution in [0.5, 0.6) is 5.75 Å². The zero-order chi connectivity index (χ0) is 14.2. The fraction of sp³-hybridized carbons (Fsp3) is 0.600. The highest BCUT2D eigenvalue weighted by Gasteiger charge is 2.28. The van der Waals surface area contributed by atoms with Crippen molar-refractivity contribution in [2.75, 3.05) is 11.5 Å². The molecule has 3 rings (SSSR count). The molecule has 2 atom stereocenters. The molecule has 0 radical (unpaired) electrons. The molecule has 2 aliphatic rings. The summed E-state index contributed by atoms with van der Waals surface area (Å²) in [6.07, 6.45) is 4.82. The molecule has 5 heteroatoms. The molecule has 0 spiro atoms. The van der Waals surface area contributed by atoms with Gasteiger partial charge in [0.2, 0.25) is 0 Å². The van der Waals surface area contributed by atoms with Crippen LogP contribution in [0.1, 0.15) is 42.9 Å². The molecule has 1 aromatic rings. The molecular weight excluding hydrogens is 274 g/mol. The molecule has 110 valence electrons. The van der Waals surface area contributed by atoms with Crippen LogP contribution in [0.3, 0.4) is 0 Å². The Kier molecular flexibility index (Phi) is 3.73. The Hall–Kier alpha value is -1.07. The van der Waals surface area contributed by atoms with Crippen LogP contribution in [-0.2, 0) is 16.3 Å². The molecule has 2 N–H and O–H groups in total. The SMILES string of the molecule is O=S1(=O)CCCC(NC2CCCc3ccc(O)cc32)C1. The number of benzene rings is 1. The van der Waals surface area contributed by atoms with Gasteiger partial charge in [0.25, 0.3) is 0 Å². The van der Waals surface area contributed by atoms with Crippen LogP contribution in [0.15, 0.2) is 18.2 Å². The molecule has 2 unspecified atom stereocenters. The van der Waals surface area contributed by atoms with Gasteiger partial charge in [0, 0.05) is 12.1 Å². The standard InChI is InChI=1S/C15H21NO3S/c17-13-7-6-11-3-1-5-15(14(11)9-13)16-12-4-2-8-20(18,19)10-12/h6-7,9,12,15-17H,1-5,8,10H2. The number of sulfone groups is 1. The van der Waals surface area contributed by atoms with Crippen molar-refractivity contribution < 1.29 is 13.5 Å². The Bertz CT molecular complexity index is 597. The van der Waals surface area contributed by atoms with Crippen LogP contribution in [0.25, 0.3) is 0 Å². The quantitative estimate of drug-likeness (QED) is 0.875. The van der Waals surface area contributed by atoms with E-state index in [1.54, 1.807) is 6.07 Å². The summed E-state index contributed by atoms with van der Waals surface area (Å²) in [5.41, 5.74) is 2.41. The fourth-order valence-corrected chi connectivity index (χ4v) is 5.05. The zero-order valence-corrected chi connectivity index (χ0v) is 12.3. The Morgan fingerprint density at radius 1 is 1.20 bits per heavy atom. The largest absolute Gasteiger partial charge is 0.508 e. The van der Waals surface area contributed by atoms with Crippen molar-refractivity contribution in [3.63, 3.8) is 0 Å². The number of aromatic hydroxyl groups is 1. The molecule has 1 heterocycles. The molecule has 0 bridgehead atoms. The average Bonchev–Trinajstić information content (AvgIpc) is 2.38. The van der Waals surface area contributed by atoms with Gasteiger partial charge < -0.3 is 10.4 Å². The molecule has 0 aromatic heterocycles. The molecular formula is C15H21NO3S. The van der Waals surface area contributed by atoms with Crippen molar-refractivity contribution in [3.8, 4) is 5.75 Å². The van der Waals surface area contributed by atoms with Crippen molar-refractivity contribution in [2.24, 2.45) is 0 Å². The number of aryl methyl sites for hydroxylation is 1. The van der Waals surface area contributed by atoms with Crippen LogP contribution in [0, 0.1) is 0 Å². The lowest BCUT2D eigenvalue weighted by Crippen LogP contribution is -2.42. The number of hydrogen-bond acceptors (Lipinski definition) is 4. The minimum atomic E-state index is -2.88. The van der Waals surface area contributed by atoms with Gasteiger partial charge in [-0.3, -0.25) is 0 Å². The monoisotopic (exact) mass is 295 g/mol. The van der Waals surface area contributed by atoms with Crippen LogP contribution in [-0.4, -0.2) is 31.1 Å². The number of nitrogens with one attached hydrogen (secondary N) is 1. The fourth-order valence-electron chi connectivity index (χ4n) is 3.40. The van der Waals surface area contributed by atoms with Crippen molar-refractivity contribution in [1.29, 1.82) is 0 Å². The van der Waals surface area contributed by atoms with Crippen molar-refractivity contribution in [1.82, 2.24) is 5.32 Å². The third-order valence-electron chi connectivity index (χ3n) is 4.34. The summed E-state index contributed by atoms with van der Waals surface area (Å²) in [5, 5.41) is 13.2. The maximum absolute atomic E-state index is 11.7. The lowest BCUT2D eigenvalue weighted by atomic mass is 9.87. The van der Waals surface area contributed by atoms with Crippen molar-refractivity contribution in [2.45, 2.75) is 44.2 Å². The second kappa shape index (κ2) is 5.37.